The molecule has 0 aromatic heterocycles. The van der Waals surface area contributed by atoms with E-state index in [9.17, 15) is 5.11 Å². The van der Waals surface area contributed by atoms with E-state index in [0.717, 1.165) is 0 Å². The minimum Gasteiger partial charge on any atom is -0.390 e. The predicted octanol–water partition coefficient (Wildman–Crippen LogP) is 1.63. The van der Waals surface area contributed by atoms with E-state index in [0.29, 0.717) is 6.42 Å². The van der Waals surface area contributed by atoms with Crippen LogP contribution in [-0.4, -0.2) is 29.2 Å². The Bertz CT molecular complexity index is 223. The lowest BCUT2D eigenvalue weighted by atomic mass is 10.1. The van der Waals surface area contributed by atoms with Crippen molar-refractivity contribution in [3.8, 4) is 0 Å². The van der Waals surface area contributed by atoms with Crippen LogP contribution in [0, 0.1) is 0 Å². The fourth-order valence-corrected chi connectivity index (χ4v) is 1.60. The van der Waals surface area contributed by atoms with E-state index in [1.165, 1.54) is 0 Å². The van der Waals surface area contributed by atoms with Crippen molar-refractivity contribution in [3.05, 3.63) is 25.3 Å². The average molecular weight is 198 g/mol. The highest BCUT2D eigenvalue weighted by Crippen LogP contribution is 2.31. The fraction of sp³-hybridized carbons (Fsp3) is 0.636. The Balaban J connectivity index is 2.67. The second kappa shape index (κ2) is 4.26. The molecule has 1 fully saturated rings. The van der Waals surface area contributed by atoms with Gasteiger partial charge < -0.3 is 14.6 Å². The Morgan fingerprint density at radius 2 is 2.07 bits per heavy atom. The third-order valence-corrected chi connectivity index (χ3v) is 2.18. The average Bonchev–Trinajstić information content (AvgIpc) is 2.41. The zero-order valence-corrected chi connectivity index (χ0v) is 8.77. The normalized spacial score (nSPS) is 32.5. The number of hydrogen-bond acceptors (Lipinski definition) is 3. The molecule has 0 radical (unpaired) electrons. The van der Waals surface area contributed by atoms with Gasteiger partial charge in [-0.3, -0.25) is 0 Å². The van der Waals surface area contributed by atoms with E-state index >= 15 is 0 Å². The molecule has 0 spiro atoms. The maximum absolute atomic E-state index is 9.76. The predicted molar refractivity (Wildman–Crippen MR) is 54.8 cm³/mol. The minimum atomic E-state index is -0.647. The zero-order valence-electron chi connectivity index (χ0n) is 8.77. The Morgan fingerprint density at radius 1 is 1.43 bits per heavy atom. The Morgan fingerprint density at radius 3 is 2.57 bits per heavy atom. The minimum absolute atomic E-state index is 0.250. The van der Waals surface area contributed by atoms with Crippen LogP contribution < -0.4 is 0 Å². The summed E-state index contributed by atoms with van der Waals surface area (Å²) in [5.74, 6) is -0.647. The number of aliphatic hydroxyl groups excluding tert-OH is 1. The summed E-state index contributed by atoms with van der Waals surface area (Å²) in [7, 11) is 0. The largest absolute Gasteiger partial charge is 0.390 e. The molecule has 0 saturated carbocycles. The van der Waals surface area contributed by atoms with Crippen LogP contribution in [0.4, 0.5) is 0 Å². The SMILES string of the molecule is C=CCC(O)[C@H]1OC(C)(C)O[C@@H]1C=C. The van der Waals surface area contributed by atoms with Crippen molar-refractivity contribution in [2.45, 2.75) is 44.4 Å². The first-order chi connectivity index (χ1) is 6.50. The van der Waals surface area contributed by atoms with Gasteiger partial charge in [-0.1, -0.05) is 12.2 Å². The number of aliphatic hydroxyl groups is 1. The van der Waals surface area contributed by atoms with Crippen LogP contribution in [0.1, 0.15) is 20.3 Å². The van der Waals surface area contributed by atoms with Crippen molar-refractivity contribution in [2.24, 2.45) is 0 Å². The van der Waals surface area contributed by atoms with Gasteiger partial charge in [0.25, 0.3) is 0 Å². The lowest BCUT2D eigenvalue weighted by Crippen LogP contribution is -2.34. The van der Waals surface area contributed by atoms with E-state index in [2.05, 4.69) is 13.2 Å². The van der Waals surface area contributed by atoms with Gasteiger partial charge in [-0.25, -0.2) is 0 Å². The molecular weight excluding hydrogens is 180 g/mol. The lowest BCUT2D eigenvalue weighted by Gasteiger charge is -2.20. The summed E-state index contributed by atoms with van der Waals surface area (Å²) in [6.07, 6.45) is 2.64. The second-order valence-electron chi connectivity index (χ2n) is 3.89. The van der Waals surface area contributed by atoms with Crippen LogP contribution >= 0.6 is 0 Å². The highest BCUT2D eigenvalue weighted by Gasteiger charge is 2.42. The van der Waals surface area contributed by atoms with E-state index in [1.807, 2.05) is 13.8 Å². The van der Waals surface area contributed by atoms with Crippen LogP contribution in [0.25, 0.3) is 0 Å². The molecule has 0 aromatic carbocycles. The smallest absolute Gasteiger partial charge is 0.164 e. The first-order valence-electron chi connectivity index (χ1n) is 4.77. The maximum atomic E-state index is 9.76. The molecule has 0 aliphatic carbocycles. The van der Waals surface area contributed by atoms with Crippen molar-refractivity contribution in [2.75, 3.05) is 0 Å². The monoisotopic (exact) mass is 198 g/mol. The summed E-state index contributed by atoms with van der Waals surface area (Å²) in [5, 5.41) is 9.76. The molecule has 1 rings (SSSR count). The van der Waals surface area contributed by atoms with Gasteiger partial charge in [0.2, 0.25) is 0 Å². The summed E-state index contributed by atoms with van der Waals surface area (Å²) >= 11 is 0. The van der Waals surface area contributed by atoms with Crippen molar-refractivity contribution < 1.29 is 14.6 Å². The van der Waals surface area contributed by atoms with Crippen LogP contribution in [0.2, 0.25) is 0 Å². The molecule has 1 saturated heterocycles. The quantitative estimate of drug-likeness (QED) is 0.698. The van der Waals surface area contributed by atoms with Crippen LogP contribution in [0.3, 0.4) is 0 Å². The summed E-state index contributed by atoms with van der Waals surface area (Å²) in [5.41, 5.74) is 0. The van der Waals surface area contributed by atoms with Gasteiger partial charge in [0.05, 0.1) is 6.10 Å². The molecule has 3 nitrogen and oxygen atoms in total. The third kappa shape index (κ3) is 2.44. The summed E-state index contributed by atoms with van der Waals surface area (Å²) in [6, 6.07) is 0. The molecule has 0 aromatic rings. The van der Waals surface area contributed by atoms with Crippen molar-refractivity contribution >= 4 is 0 Å². The van der Waals surface area contributed by atoms with Crippen LogP contribution in [0.15, 0.2) is 25.3 Å². The molecular formula is C11H18O3. The van der Waals surface area contributed by atoms with E-state index in [1.54, 1.807) is 12.2 Å². The van der Waals surface area contributed by atoms with Crippen molar-refractivity contribution in [3.63, 3.8) is 0 Å². The fourth-order valence-electron chi connectivity index (χ4n) is 1.60. The van der Waals surface area contributed by atoms with Gasteiger partial charge >= 0.3 is 0 Å². The Kier molecular flexibility index (Phi) is 3.48. The molecule has 1 aliphatic heterocycles. The zero-order chi connectivity index (χ0) is 10.8. The van der Waals surface area contributed by atoms with Gasteiger partial charge in [0, 0.05) is 0 Å². The summed E-state index contributed by atoms with van der Waals surface area (Å²) in [6.45, 7) is 10.9. The number of ether oxygens (including phenoxy) is 2. The number of rotatable bonds is 4. The molecule has 3 heteroatoms. The van der Waals surface area contributed by atoms with Gasteiger partial charge in [0.1, 0.15) is 12.2 Å². The first-order valence-corrected chi connectivity index (χ1v) is 4.77. The van der Waals surface area contributed by atoms with E-state index < -0.39 is 11.9 Å². The lowest BCUT2D eigenvalue weighted by molar-refractivity contribution is -0.153. The molecule has 0 bridgehead atoms. The van der Waals surface area contributed by atoms with Gasteiger partial charge in [-0.15, -0.1) is 13.2 Å². The summed E-state index contributed by atoms with van der Waals surface area (Å²) in [4.78, 5) is 0. The molecule has 1 aliphatic rings. The molecule has 1 unspecified atom stereocenters. The first kappa shape index (κ1) is 11.4. The Hall–Kier alpha value is -0.640. The molecule has 80 valence electrons. The van der Waals surface area contributed by atoms with E-state index in [4.69, 9.17) is 9.47 Å². The topological polar surface area (TPSA) is 38.7 Å². The van der Waals surface area contributed by atoms with E-state index in [-0.39, 0.29) is 12.2 Å². The standard InChI is InChI=1S/C11H18O3/c1-5-7-8(12)10-9(6-2)13-11(3,4)14-10/h5-6,8-10,12H,1-2,7H2,3-4H3/t8?,9-,10-/m1/s1. The highest BCUT2D eigenvalue weighted by molar-refractivity contribution is 4.97. The highest BCUT2D eigenvalue weighted by atomic mass is 16.8. The second-order valence-corrected chi connectivity index (χ2v) is 3.89. The molecule has 1 N–H and O–H groups in total. The molecule has 3 atom stereocenters. The molecule has 1 heterocycles. The van der Waals surface area contributed by atoms with Gasteiger partial charge in [0.15, 0.2) is 5.79 Å². The van der Waals surface area contributed by atoms with Crippen molar-refractivity contribution in [1.82, 2.24) is 0 Å². The molecule has 0 amide bonds. The maximum Gasteiger partial charge on any atom is 0.164 e. The van der Waals surface area contributed by atoms with Crippen molar-refractivity contribution in [1.29, 1.82) is 0 Å². The third-order valence-electron chi connectivity index (χ3n) is 2.18. The summed E-state index contributed by atoms with van der Waals surface area (Å²) < 4.78 is 11.1. The van der Waals surface area contributed by atoms with Crippen LogP contribution in [0.5, 0.6) is 0 Å². The van der Waals surface area contributed by atoms with Gasteiger partial charge in [-0.05, 0) is 20.3 Å². The van der Waals surface area contributed by atoms with Crippen LogP contribution in [-0.2, 0) is 9.47 Å². The Labute approximate surface area is 85.0 Å². The molecule has 14 heavy (non-hydrogen) atoms. The van der Waals surface area contributed by atoms with Gasteiger partial charge in [-0.2, -0.15) is 0 Å². The number of hydrogen-bond donors (Lipinski definition) is 1.